The fourth-order valence-corrected chi connectivity index (χ4v) is 4.08. The minimum Gasteiger partial charge on any atom is -0.486 e. The number of hydrogen-bond acceptors (Lipinski definition) is 5. The molecule has 2 aromatic carbocycles. The first-order valence-corrected chi connectivity index (χ1v) is 9.78. The van der Waals surface area contributed by atoms with Gasteiger partial charge in [0.25, 0.3) is 10.1 Å². The Kier molecular flexibility index (Phi) is 5.27. The maximum Gasteiger partial charge on any atom is 0.297 e. The van der Waals surface area contributed by atoms with Gasteiger partial charge in [-0.05, 0) is 19.1 Å². The number of ether oxygens (including phenoxy) is 2. The van der Waals surface area contributed by atoms with Crippen molar-refractivity contribution in [2.24, 2.45) is 0 Å². The van der Waals surface area contributed by atoms with E-state index in [2.05, 4.69) is 6.58 Å². The first-order chi connectivity index (χ1) is 12.4. The van der Waals surface area contributed by atoms with Crippen LogP contribution < -0.4 is 9.47 Å². The van der Waals surface area contributed by atoms with Crippen LogP contribution in [0.4, 0.5) is 0 Å². The maximum atomic E-state index is 12.3. The second-order valence-corrected chi connectivity index (χ2v) is 8.08. The number of benzene rings is 2. The van der Waals surface area contributed by atoms with Crippen LogP contribution in [-0.4, -0.2) is 22.1 Å². The Balaban J connectivity index is 2.03. The second kappa shape index (κ2) is 7.31. The zero-order valence-corrected chi connectivity index (χ0v) is 16.1. The van der Waals surface area contributed by atoms with Gasteiger partial charge in [-0.1, -0.05) is 42.0 Å². The van der Waals surface area contributed by atoms with Crippen LogP contribution in [0.1, 0.15) is 22.8 Å². The van der Waals surface area contributed by atoms with E-state index in [1.165, 1.54) is 6.07 Å². The summed E-state index contributed by atoms with van der Waals surface area (Å²) in [6.45, 7) is 5.84. The molecular formula is C19H19ClO5S. The summed E-state index contributed by atoms with van der Waals surface area (Å²) >= 11 is 6.18. The molecule has 0 spiro atoms. The number of rotatable bonds is 6. The van der Waals surface area contributed by atoms with Crippen molar-refractivity contribution in [3.8, 4) is 11.5 Å². The van der Waals surface area contributed by atoms with Crippen molar-refractivity contribution in [1.29, 1.82) is 0 Å². The van der Waals surface area contributed by atoms with Crippen LogP contribution in [0.15, 0.2) is 47.9 Å². The highest BCUT2D eigenvalue weighted by Gasteiger charge is 2.32. The fourth-order valence-electron chi connectivity index (χ4n) is 2.96. The van der Waals surface area contributed by atoms with Crippen molar-refractivity contribution in [2.75, 3.05) is 13.7 Å². The van der Waals surface area contributed by atoms with Crippen LogP contribution in [-0.2, 0) is 20.7 Å². The van der Waals surface area contributed by atoms with Crippen LogP contribution in [0.3, 0.4) is 0 Å². The van der Waals surface area contributed by atoms with E-state index in [0.717, 1.165) is 18.2 Å². The Morgan fingerprint density at radius 3 is 2.81 bits per heavy atom. The van der Waals surface area contributed by atoms with Crippen molar-refractivity contribution >= 4 is 21.7 Å². The summed E-state index contributed by atoms with van der Waals surface area (Å²) in [4.78, 5) is 0.100. The zero-order valence-electron chi connectivity index (χ0n) is 14.5. The van der Waals surface area contributed by atoms with Crippen molar-refractivity contribution in [1.82, 2.24) is 0 Å². The van der Waals surface area contributed by atoms with Gasteiger partial charge >= 0.3 is 0 Å². The third-order valence-corrected chi connectivity index (χ3v) is 5.69. The predicted molar refractivity (Wildman–Crippen MR) is 99.6 cm³/mol. The molecule has 1 aliphatic rings. The van der Waals surface area contributed by atoms with Crippen molar-refractivity contribution < 1.29 is 22.1 Å². The molecule has 0 aromatic heterocycles. The van der Waals surface area contributed by atoms with E-state index < -0.39 is 16.2 Å². The lowest BCUT2D eigenvalue weighted by molar-refractivity contribution is 0.222. The third kappa shape index (κ3) is 3.58. The topological polar surface area (TPSA) is 61.8 Å². The molecule has 0 saturated heterocycles. The van der Waals surface area contributed by atoms with Gasteiger partial charge in [-0.25, -0.2) is 0 Å². The van der Waals surface area contributed by atoms with Crippen LogP contribution in [0.2, 0.25) is 5.02 Å². The molecule has 1 aliphatic heterocycles. The maximum absolute atomic E-state index is 12.3. The SMILES string of the molecule is C=CCOc1cc(Cl)cc2c1OC(c1cc(C)ccc1S(=O)(=O)OC)C2. The largest absolute Gasteiger partial charge is 0.486 e. The van der Waals surface area contributed by atoms with Crippen LogP contribution in [0, 0.1) is 6.92 Å². The molecule has 7 heteroatoms. The zero-order chi connectivity index (χ0) is 18.9. The highest BCUT2D eigenvalue weighted by molar-refractivity contribution is 7.86. The van der Waals surface area contributed by atoms with Gasteiger partial charge in [0.15, 0.2) is 11.5 Å². The Hall–Kier alpha value is -2.02. The van der Waals surface area contributed by atoms with Gasteiger partial charge in [0.2, 0.25) is 0 Å². The Bertz CT molecular complexity index is 953. The highest BCUT2D eigenvalue weighted by atomic mass is 35.5. The summed E-state index contributed by atoms with van der Waals surface area (Å²) in [6.07, 6.45) is 1.63. The predicted octanol–water partition coefficient (Wildman–Crippen LogP) is 4.22. The molecule has 0 fully saturated rings. The lowest BCUT2D eigenvalue weighted by atomic mass is 10.0. The average Bonchev–Trinajstić information content (AvgIpc) is 3.03. The van der Waals surface area contributed by atoms with E-state index in [1.807, 2.05) is 6.92 Å². The molecule has 2 aromatic rings. The van der Waals surface area contributed by atoms with Crippen LogP contribution in [0.5, 0.6) is 11.5 Å². The second-order valence-electron chi connectivity index (χ2n) is 5.96. The molecule has 138 valence electrons. The Morgan fingerprint density at radius 1 is 1.35 bits per heavy atom. The van der Waals surface area contributed by atoms with Gasteiger partial charge < -0.3 is 9.47 Å². The number of hydrogen-bond donors (Lipinski definition) is 0. The first-order valence-electron chi connectivity index (χ1n) is 7.99. The lowest BCUT2D eigenvalue weighted by Gasteiger charge is -2.17. The standard InChI is InChI=1S/C19H19ClO5S/c1-4-7-24-17-11-14(20)9-13-10-16(25-19(13)17)15-8-12(2)5-6-18(15)26(21,22)23-3/h4-6,8-9,11,16H,1,7,10H2,2-3H3. The monoisotopic (exact) mass is 394 g/mol. The molecule has 1 heterocycles. The molecule has 3 rings (SSSR count). The molecule has 5 nitrogen and oxygen atoms in total. The molecule has 0 radical (unpaired) electrons. The smallest absolute Gasteiger partial charge is 0.297 e. The normalized spacial score (nSPS) is 16.0. The molecule has 0 aliphatic carbocycles. The highest BCUT2D eigenvalue weighted by Crippen LogP contribution is 2.46. The number of aryl methyl sites for hydroxylation is 1. The average molecular weight is 395 g/mol. The first kappa shape index (κ1) is 18.8. The van der Waals surface area contributed by atoms with E-state index in [1.54, 1.807) is 30.3 Å². The van der Waals surface area contributed by atoms with Crippen LogP contribution in [0.25, 0.3) is 0 Å². The molecule has 0 saturated carbocycles. The van der Waals surface area contributed by atoms with Gasteiger partial charge in [0, 0.05) is 28.6 Å². The van der Waals surface area contributed by atoms with Gasteiger partial charge in [-0.2, -0.15) is 8.42 Å². The molecular weight excluding hydrogens is 376 g/mol. The molecule has 0 amide bonds. The molecule has 0 N–H and O–H groups in total. The number of halogens is 1. The van der Waals surface area contributed by atoms with Gasteiger partial charge in [0.1, 0.15) is 17.6 Å². The summed E-state index contributed by atoms with van der Waals surface area (Å²) in [6, 6.07) is 8.55. The Morgan fingerprint density at radius 2 is 2.12 bits per heavy atom. The van der Waals surface area contributed by atoms with E-state index in [0.29, 0.717) is 35.1 Å². The quantitative estimate of drug-likeness (QED) is 0.542. The summed E-state index contributed by atoms with van der Waals surface area (Å²) in [5, 5.41) is 0.529. The van der Waals surface area contributed by atoms with Crippen molar-refractivity contribution in [3.05, 3.63) is 64.7 Å². The van der Waals surface area contributed by atoms with E-state index in [-0.39, 0.29) is 4.90 Å². The van der Waals surface area contributed by atoms with Gasteiger partial charge in [0.05, 0.1) is 7.11 Å². The third-order valence-electron chi connectivity index (χ3n) is 4.12. The van der Waals surface area contributed by atoms with Crippen molar-refractivity contribution in [2.45, 2.75) is 24.3 Å². The molecule has 1 atom stereocenters. The van der Waals surface area contributed by atoms with E-state index >= 15 is 0 Å². The van der Waals surface area contributed by atoms with Gasteiger partial charge in [-0.15, -0.1) is 0 Å². The fraction of sp³-hybridized carbons (Fsp3) is 0.263. The summed E-state index contributed by atoms with van der Waals surface area (Å²) in [7, 11) is -2.71. The summed E-state index contributed by atoms with van der Waals surface area (Å²) < 4.78 is 41.0. The summed E-state index contributed by atoms with van der Waals surface area (Å²) in [5.41, 5.74) is 2.34. The Labute approximate surface area is 158 Å². The van der Waals surface area contributed by atoms with Gasteiger partial charge in [-0.3, -0.25) is 4.18 Å². The van der Waals surface area contributed by atoms with Crippen molar-refractivity contribution in [3.63, 3.8) is 0 Å². The molecule has 1 unspecified atom stereocenters. The lowest BCUT2D eigenvalue weighted by Crippen LogP contribution is -2.12. The van der Waals surface area contributed by atoms with E-state index in [9.17, 15) is 8.42 Å². The summed E-state index contributed by atoms with van der Waals surface area (Å²) in [5.74, 6) is 1.09. The molecule has 0 bridgehead atoms. The van der Waals surface area contributed by atoms with E-state index in [4.69, 9.17) is 25.3 Å². The molecule has 26 heavy (non-hydrogen) atoms. The van der Waals surface area contributed by atoms with Crippen LogP contribution >= 0.6 is 11.6 Å². The minimum atomic E-state index is -3.85. The minimum absolute atomic E-state index is 0.100. The number of fused-ring (bicyclic) bond motifs is 1.